The highest BCUT2D eigenvalue weighted by Gasteiger charge is 2.14. The first-order valence-electron chi connectivity index (χ1n) is 13.4. The summed E-state index contributed by atoms with van der Waals surface area (Å²) >= 11 is 0. The summed E-state index contributed by atoms with van der Waals surface area (Å²) in [4.78, 5) is 34.3. The summed E-state index contributed by atoms with van der Waals surface area (Å²) in [5.41, 5.74) is 2.61. The second-order valence-electron chi connectivity index (χ2n) is 9.23. The van der Waals surface area contributed by atoms with E-state index in [2.05, 4.69) is 17.6 Å². The Balaban J connectivity index is 1.68. The number of esters is 1. The zero-order chi connectivity index (χ0) is 25.8. The second-order valence-corrected chi connectivity index (χ2v) is 9.23. The molecule has 36 heavy (non-hydrogen) atoms. The van der Waals surface area contributed by atoms with Crippen LogP contribution < -0.4 is 10.6 Å². The van der Waals surface area contributed by atoms with Crippen LogP contribution in [0, 0.1) is 0 Å². The summed E-state index contributed by atoms with van der Waals surface area (Å²) in [6.07, 6.45) is 12.9. The van der Waals surface area contributed by atoms with Gasteiger partial charge < -0.3 is 15.4 Å². The van der Waals surface area contributed by atoms with Gasteiger partial charge in [0.25, 0.3) is 5.91 Å². The molecule has 196 valence electrons. The summed E-state index contributed by atoms with van der Waals surface area (Å²) in [5.74, 6) is -0.931. The fourth-order valence-corrected chi connectivity index (χ4v) is 4.09. The van der Waals surface area contributed by atoms with Crippen LogP contribution in [0.15, 0.2) is 54.6 Å². The highest BCUT2D eigenvalue weighted by Crippen LogP contribution is 2.15. The highest BCUT2D eigenvalue weighted by atomic mass is 16.5. The van der Waals surface area contributed by atoms with Gasteiger partial charge in [-0.15, -0.1) is 0 Å². The molecule has 1 atom stereocenters. The van der Waals surface area contributed by atoms with Crippen LogP contribution in [-0.4, -0.2) is 31.3 Å². The molecule has 0 saturated carbocycles. The van der Waals surface area contributed by atoms with Crippen molar-refractivity contribution in [3.63, 3.8) is 0 Å². The van der Waals surface area contributed by atoms with Gasteiger partial charge in [0, 0.05) is 18.7 Å². The van der Waals surface area contributed by atoms with Crippen LogP contribution in [0.1, 0.15) is 98.7 Å². The number of aldehydes is 1. The molecular weight excluding hydrogens is 452 g/mol. The van der Waals surface area contributed by atoms with Gasteiger partial charge in [0.2, 0.25) is 6.29 Å². The predicted molar refractivity (Wildman–Crippen MR) is 144 cm³/mol. The zero-order valence-electron chi connectivity index (χ0n) is 21.7. The molecule has 2 rings (SSSR count). The summed E-state index contributed by atoms with van der Waals surface area (Å²) in [5, 5.41) is 6.38. The molecule has 0 bridgehead atoms. The minimum Gasteiger partial charge on any atom is -0.458 e. The molecule has 0 aromatic heterocycles. The maximum atomic E-state index is 12.4. The van der Waals surface area contributed by atoms with Crippen LogP contribution in [-0.2, 0) is 20.9 Å². The van der Waals surface area contributed by atoms with E-state index in [-0.39, 0.29) is 24.8 Å². The standard InChI is InChI=1S/C30H42N2O4/c1-2-3-4-5-6-7-8-9-10-14-21-31-30(35)27-19-17-25(18-20-27)22-32-28(24-36-29(34)23-33)26-15-12-11-13-16-26/h11-13,15-20,23,28,32H,2-10,14,21-22,24H2,1H3,(H,31,35). The van der Waals surface area contributed by atoms with Gasteiger partial charge in [-0.2, -0.15) is 0 Å². The highest BCUT2D eigenvalue weighted by molar-refractivity contribution is 6.20. The number of carbonyl (C=O) groups excluding carboxylic acids is 3. The van der Waals surface area contributed by atoms with Gasteiger partial charge in [0.1, 0.15) is 6.61 Å². The minimum atomic E-state index is -0.883. The van der Waals surface area contributed by atoms with Gasteiger partial charge in [0.15, 0.2) is 0 Å². The van der Waals surface area contributed by atoms with Crippen LogP contribution in [0.5, 0.6) is 0 Å². The molecule has 6 heteroatoms. The molecule has 0 heterocycles. The first kappa shape index (κ1) is 29.2. The van der Waals surface area contributed by atoms with Crippen molar-refractivity contribution in [1.29, 1.82) is 0 Å². The Morgan fingerprint density at radius 3 is 2.06 bits per heavy atom. The number of benzene rings is 2. The van der Waals surface area contributed by atoms with Gasteiger partial charge in [-0.3, -0.25) is 9.59 Å². The van der Waals surface area contributed by atoms with Crippen molar-refractivity contribution < 1.29 is 19.1 Å². The lowest BCUT2D eigenvalue weighted by Crippen LogP contribution is -2.27. The first-order chi connectivity index (χ1) is 17.6. The van der Waals surface area contributed by atoms with E-state index in [9.17, 15) is 14.4 Å². The average molecular weight is 495 g/mol. The molecule has 2 N–H and O–H groups in total. The number of ether oxygens (including phenoxy) is 1. The van der Waals surface area contributed by atoms with Gasteiger partial charge >= 0.3 is 5.97 Å². The van der Waals surface area contributed by atoms with Gasteiger partial charge in [-0.25, -0.2) is 4.79 Å². The molecule has 0 saturated heterocycles. The zero-order valence-corrected chi connectivity index (χ0v) is 21.7. The molecule has 0 fully saturated rings. The van der Waals surface area contributed by atoms with Gasteiger partial charge in [0.05, 0.1) is 6.04 Å². The fraction of sp³-hybridized carbons (Fsp3) is 0.500. The van der Waals surface area contributed by atoms with Gasteiger partial charge in [-0.1, -0.05) is 107 Å². The van der Waals surface area contributed by atoms with Crippen molar-refractivity contribution in [2.45, 2.75) is 83.7 Å². The van der Waals surface area contributed by atoms with Crippen LogP contribution in [0.3, 0.4) is 0 Å². The predicted octanol–water partition coefficient (Wildman–Crippen LogP) is 5.91. The summed E-state index contributed by atoms with van der Waals surface area (Å²) in [7, 11) is 0. The van der Waals surface area contributed by atoms with Crippen molar-refractivity contribution >= 4 is 18.2 Å². The Hall–Kier alpha value is -2.99. The fourth-order valence-electron chi connectivity index (χ4n) is 4.09. The molecular formula is C30H42N2O4. The van der Waals surface area contributed by atoms with E-state index in [1.54, 1.807) is 0 Å². The molecule has 1 unspecified atom stereocenters. The Morgan fingerprint density at radius 1 is 0.833 bits per heavy atom. The average Bonchev–Trinajstić information content (AvgIpc) is 2.92. The molecule has 0 aliphatic rings. The number of hydrogen-bond acceptors (Lipinski definition) is 5. The number of hydrogen-bond donors (Lipinski definition) is 2. The van der Waals surface area contributed by atoms with Crippen molar-refractivity contribution in [1.82, 2.24) is 10.6 Å². The number of rotatable bonds is 19. The largest absolute Gasteiger partial charge is 0.458 e. The van der Waals surface area contributed by atoms with Crippen molar-refractivity contribution in [2.24, 2.45) is 0 Å². The Labute approximate surface area is 216 Å². The molecule has 2 aromatic rings. The SMILES string of the molecule is CCCCCCCCCCCCNC(=O)c1ccc(CNC(COC(=O)C=O)c2ccccc2)cc1. The summed E-state index contributed by atoms with van der Waals surface area (Å²) < 4.78 is 5.02. The summed E-state index contributed by atoms with van der Waals surface area (Å²) in [6.45, 7) is 3.54. The van der Waals surface area contributed by atoms with E-state index in [1.807, 2.05) is 54.6 Å². The molecule has 6 nitrogen and oxygen atoms in total. The van der Waals surface area contributed by atoms with E-state index < -0.39 is 5.97 Å². The lowest BCUT2D eigenvalue weighted by atomic mass is 10.1. The van der Waals surface area contributed by atoms with Crippen LogP contribution in [0.4, 0.5) is 0 Å². The minimum absolute atomic E-state index is 0.0478. The quantitative estimate of drug-likeness (QED) is 0.110. The van der Waals surface area contributed by atoms with Crippen molar-refractivity contribution in [3.8, 4) is 0 Å². The Morgan fingerprint density at radius 2 is 1.44 bits per heavy atom. The maximum Gasteiger partial charge on any atom is 0.371 e. The third-order valence-corrected chi connectivity index (χ3v) is 6.28. The topological polar surface area (TPSA) is 84.5 Å². The lowest BCUT2D eigenvalue weighted by molar-refractivity contribution is -0.149. The van der Waals surface area contributed by atoms with E-state index in [0.717, 1.165) is 24.0 Å². The first-order valence-corrected chi connectivity index (χ1v) is 13.4. The molecule has 0 aliphatic heterocycles. The lowest BCUT2D eigenvalue weighted by Gasteiger charge is -2.19. The van der Waals surface area contributed by atoms with Crippen LogP contribution in [0.2, 0.25) is 0 Å². The summed E-state index contributed by atoms with van der Waals surface area (Å²) in [6, 6.07) is 16.9. The van der Waals surface area contributed by atoms with Crippen LogP contribution >= 0.6 is 0 Å². The molecule has 0 aliphatic carbocycles. The molecule has 1 amide bonds. The molecule has 0 radical (unpaired) electrons. The number of nitrogens with one attached hydrogen (secondary N) is 2. The second kappa shape index (κ2) is 18.3. The van der Waals surface area contributed by atoms with Crippen molar-refractivity contribution in [3.05, 3.63) is 71.3 Å². The Bertz CT molecular complexity index is 884. The normalized spacial score (nSPS) is 11.6. The number of unbranched alkanes of at least 4 members (excludes halogenated alkanes) is 9. The third kappa shape index (κ3) is 12.1. The van der Waals surface area contributed by atoms with Crippen LogP contribution in [0.25, 0.3) is 0 Å². The molecule has 2 aromatic carbocycles. The monoisotopic (exact) mass is 494 g/mol. The van der Waals surface area contributed by atoms with E-state index in [1.165, 1.54) is 51.4 Å². The van der Waals surface area contributed by atoms with E-state index >= 15 is 0 Å². The Kier molecular flexibility index (Phi) is 14.9. The van der Waals surface area contributed by atoms with Crippen molar-refractivity contribution in [2.75, 3.05) is 13.2 Å². The molecule has 0 spiro atoms. The number of amides is 1. The maximum absolute atomic E-state index is 12.4. The van der Waals surface area contributed by atoms with E-state index in [0.29, 0.717) is 18.7 Å². The smallest absolute Gasteiger partial charge is 0.371 e. The third-order valence-electron chi connectivity index (χ3n) is 6.28. The van der Waals surface area contributed by atoms with Gasteiger partial charge in [-0.05, 0) is 29.7 Å². The number of carbonyl (C=O) groups is 3. The van der Waals surface area contributed by atoms with E-state index in [4.69, 9.17) is 4.74 Å².